The van der Waals surface area contributed by atoms with Crippen molar-refractivity contribution < 1.29 is 19.4 Å². The molecule has 2 rings (SSSR count). The summed E-state index contributed by atoms with van der Waals surface area (Å²) >= 11 is 0. The molecule has 1 unspecified atom stereocenters. The van der Waals surface area contributed by atoms with Crippen molar-refractivity contribution in [2.24, 2.45) is 5.10 Å². The fourth-order valence-corrected chi connectivity index (χ4v) is 2.34. The molecule has 0 aliphatic heterocycles. The van der Waals surface area contributed by atoms with Crippen LogP contribution in [-0.4, -0.2) is 30.4 Å². The molecule has 6 heteroatoms. The number of ether oxygens (including phenoxy) is 2. The Morgan fingerprint density at radius 1 is 1.19 bits per heavy atom. The highest BCUT2D eigenvalue weighted by Gasteiger charge is 2.16. The Morgan fingerprint density at radius 3 is 2.41 bits per heavy atom. The summed E-state index contributed by atoms with van der Waals surface area (Å²) in [7, 11) is 1.47. The third-order valence-electron chi connectivity index (χ3n) is 3.99. The van der Waals surface area contributed by atoms with Crippen molar-refractivity contribution in [1.29, 1.82) is 0 Å². The lowest BCUT2D eigenvalue weighted by molar-refractivity contribution is -0.127. The van der Waals surface area contributed by atoms with Crippen LogP contribution in [0.2, 0.25) is 0 Å². The maximum Gasteiger partial charge on any atom is 0.280 e. The van der Waals surface area contributed by atoms with Crippen LogP contribution in [0.1, 0.15) is 38.8 Å². The third-order valence-corrected chi connectivity index (χ3v) is 3.99. The Morgan fingerprint density at radius 2 is 1.85 bits per heavy atom. The number of methoxy groups -OCH3 is 1. The average molecular weight is 370 g/mol. The topological polar surface area (TPSA) is 80.2 Å². The van der Waals surface area contributed by atoms with Crippen LogP contribution >= 0.6 is 0 Å². The van der Waals surface area contributed by atoms with Crippen molar-refractivity contribution in [3.8, 4) is 17.2 Å². The fourth-order valence-electron chi connectivity index (χ4n) is 2.34. The highest BCUT2D eigenvalue weighted by Crippen LogP contribution is 2.26. The number of hydrazone groups is 1. The molecule has 0 aliphatic carbocycles. The lowest BCUT2D eigenvalue weighted by Gasteiger charge is -2.19. The van der Waals surface area contributed by atoms with Crippen LogP contribution in [0.15, 0.2) is 47.6 Å². The van der Waals surface area contributed by atoms with Crippen LogP contribution in [0.4, 0.5) is 0 Å². The zero-order chi connectivity index (χ0) is 20.0. The van der Waals surface area contributed by atoms with E-state index >= 15 is 0 Å². The zero-order valence-electron chi connectivity index (χ0n) is 16.3. The van der Waals surface area contributed by atoms with Crippen LogP contribution in [0.25, 0.3) is 0 Å². The van der Waals surface area contributed by atoms with Gasteiger partial charge in [-0.15, -0.1) is 0 Å². The van der Waals surface area contributed by atoms with E-state index in [4.69, 9.17) is 9.47 Å². The Labute approximate surface area is 159 Å². The molecule has 0 saturated carbocycles. The average Bonchev–Trinajstić information content (AvgIpc) is 2.61. The number of rotatable bonds is 6. The minimum absolute atomic E-state index is 0.00295. The number of amides is 1. The van der Waals surface area contributed by atoms with Gasteiger partial charge in [-0.1, -0.05) is 32.9 Å². The summed E-state index contributed by atoms with van der Waals surface area (Å²) in [5.74, 6) is 0.623. The van der Waals surface area contributed by atoms with Gasteiger partial charge in [0.2, 0.25) is 0 Å². The summed E-state index contributed by atoms with van der Waals surface area (Å²) in [4.78, 5) is 12.1. The first kappa shape index (κ1) is 20.3. The van der Waals surface area contributed by atoms with Gasteiger partial charge in [-0.3, -0.25) is 4.79 Å². The molecule has 0 fully saturated rings. The molecule has 0 bridgehead atoms. The Bertz CT molecular complexity index is 808. The maximum absolute atomic E-state index is 12.1. The molecule has 0 heterocycles. The number of phenols is 1. The van der Waals surface area contributed by atoms with Gasteiger partial charge in [0.25, 0.3) is 5.91 Å². The Balaban J connectivity index is 1.91. The van der Waals surface area contributed by atoms with Gasteiger partial charge in [0.05, 0.1) is 13.3 Å². The number of hydrogen-bond acceptors (Lipinski definition) is 5. The van der Waals surface area contributed by atoms with Crippen molar-refractivity contribution in [1.82, 2.24) is 5.43 Å². The molecule has 27 heavy (non-hydrogen) atoms. The van der Waals surface area contributed by atoms with E-state index in [0.717, 1.165) is 0 Å². The first-order valence-electron chi connectivity index (χ1n) is 8.68. The number of benzene rings is 2. The molecule has 0 aliphatic rings. The molecule has 1 amide bonds. The van der Waals surface area contributed by atoms with Crippen molar-refractivity contribution >= 4 is 12.1 Å². The van der Waals surface area contributed by atoms with Gasteiger partial charge in [-0.25, -0.2) is 5.43 Å². The summed E-state index contributed by atoms with van der Waals surface area (Å²) in [6.45, 7) is 8.07. The van der Waals surface area contributed by atoms with Crippen LogP contribution < -0.4 is 14.9 Å². The highest BCUT2D eigenvalue weighted by molar-refractivity contribution is 5.84. The number of hydrogen-bond donors (Lipinski definition) is 2. The van der Waals surface area contributed by atoms with Gasteiger partial charge in [0.1, 0.15) is 5.75 Å². The first-order chi connectivity index (χ1) is 12.7. The zero-order valence-corrected chi connectivity index (χ0v) is 16.3. The Kier molecular flexibility index (Phi) is 6.45. The quantitative estimate of drug-likeness (QED) is 0.601. The van der Waals surface area contributed by atoms with Crippen LogP contribution in [0.5, 0.6) is 17.2 Å². The standard InChI is InChI=1S/C21H26N2O4/c1-14(27-17-9-7-16(8-10-17)21(2,3)4)20(25)23-22-13-15-6-11-19(26-5)18(24)12-15/h6-14,24H,1-5H3,(H,23,25)/b22-13+. The molecule has 1 atom stereocenters. The molecule has 0 aromatic heterocycles. The summed E-state index contributed by atoms with van der Waals surface area (Å²) in [6.07, 6.45) is 0.731. The van der Waals surface area contributed by atoms with E-state index in [-0.39, 0.29) is 17.1 Å². The molecule has 2 aromatic rings. The summed E-state index contributed by atoms with van der Waals surface area (Å²) in [5, 5.41) is 13.6. The maximum atomic E-state index is 12.1. The monoisotopic (exact) mass is 370 g/mol. The molecule has 0 saturated heterocycles. The van der Waals surface area contributed by atoms with Crippen molar-refractivity contribution in [2.75, 3.05) is 7.11 Å². The van der Waals surface area contributed by atoms with Crippen LogP contribution in [-0.2, 0) is 10.2 Å². The van der Waals surface area contributed by atoms with Crippen molar-refractivity contribution in [3.63, 3.8) is 0 Å². The van der Waals surface area contributed by atoms with Crippen LogP contribution in [0, 0.1) is 0 Å². The molecule has 0 spiro atoms. The second kappa shape index (κ2) is 8.58. The molecular formula is C21H26N2O4. The van der Waals surface area contributed by atoms with Crippen molar-refractivity contribution in [2.45, 2.75) is 39.2 Å². The predicted octanol–water partition coefficient (Wildman–Crippen LogP) is 3.62. The second-order valence-electron chi connectivity index (χ2n) is 7.20. The minimum atomic E-state index is -0.702. The van der Waals surface area contributed by atoms with E-state index in [1.807, 2.05) is 24.3 Å². The van der Waals surface area contributed by atoms with Gasteiger partial charge in [0, 0.05) is 0 Å². The lowest BCUT2D eigenvalue weighted by atomic mass is 9.87. The largest absolute Gasteiger partial charge is 0.504 e. The highest BCUT2D eigenvalue weighted by atomic mass is 16.5. The fraction of sp³-hybridized carbons (Fsp3) is 0.333. The van der Waals surface area contributed by atoms with Gasteiger partial charge in [-0.05, 0) is 53.8 Å². The number of carbonyl (C=O) groups is 1. The molecule has 144 valence electrons. The third kappa shape index (κ3) is 5.74. The summed E-state index contributed by atoms with van der Waals surface area (Å²) < 4.78 is 10.6. The summed E-state index contributed by atoms with van der Waals surface area (Å²) in [6, 6.07) is 12.5. The second-order valence-corrected chi connectivity index (χ2v) is 7.20. The minimum Gasteiger partial charge on any atom is -0.504 e. The summed E-state index contributed by atoms with van der Waals surface area (Å²) in [5.41, 5.74) is 4.31. The van der Waals surface area contributed by atoms with Gasteiger partial charge in [-0.2, -0.15) is 5.10 Å². The molecule has 0 radical (unpaired) electrons. The number of nitrogens with zero attached hydrogens (tertiary/aromatic N) is 1. The van der Waals surface area contributed by atoms with Crippen LogP contribution in [0.3, 0.4) is 0 Å². The van der Waals surface area contributed by atoms with E-state index < -0.39 is 6.10 Å². The SMILES string of the molecule is COc1ccc(/C=N/NC(=O)C(C)Oc2ccc(C(C)(C)C)cc2)cc1O. The smallest absolute Gasteiger partial charge is 0.280 e. The van der Waals surface area contributed by atoms with Crippen molar-refractivity contribution in [3.05, 3.63) is 53.6 Å². The van der Waals surface area contributed by atoms with Gasteiger partial charge < -0.3 is 14.6 Å². The Hall–Kier alpha value is -3.02. The van der Waals surface area contributed by atoms with E-state index in [1.165, 1.54) is 25.0 Å². The number of nitrogens with one attached hydrogen (secondary N) is 1. The normalized spacial score (nSPS) is 12.6. The first-order valence-corrected chi connectivity index (χ1v) is 8.68. The molecule has 2 aromatic carbocycles. The van der Waals surface area contributed by atoms with E-state index in [1.54, 1.807) is 19.1 Å². The van der Waals surface area contributed by atoms with E-state index in [9.17, 15) is 9.90 Å². The molecular weight excluding hydrogens is 344 g/mol. The van der Waals surface area contributed by atoms with Gasteiger partial charge >= 0.3 is 0 Å². The lowest BCUT2D eigenvalue weighted by Crippen LogP contribution is -2.33. The van der Waals surface area contributed by atoms with Gasteiger partial charge in [0.15, 0.2) is 17.6 Å². The molecule has 6 nitrogen and oxygen atoms in total. The number of carbonyl (C=O) groups excluding carboxylic acids is 1. The number of aromatic hydroxyl groups is 1. The molecule has 2 N–H and O–H groups in total. The predicted molar refractivity (Wildman–Crippen MR) is 106 cm³/mol. The number of phenolic OH excluding ortho intramolecular Hbond substituents is 1. The van der Waals surface area contributed by atoms with E-state index in [2.05, 4.69) is 31.3 Å². The van der Waals surface area contributed by atoms with E-state index in [0.29, 0.717) is 17.1 Å².